The van der Waals surface area contributed by atoms with E-state index < -0.39 is 5.91 Å². The van der Waals surface area contributed by atoms with Crippen LogP contribution in [0.15, 0.2) is 68.6 Å². The summed E-state index contributed by atoms with van der Waals surface area (Å²) in [7, 11) is 1.53. The van der Waals surface area contributed by atoms with Crippen molar-refractivity contribution in [1.29, 1.82) is 0 Å². The number of benzene rings is 3. The van der Waals surface area contributed by atoms with Gasteiger partial charge in [-0.25, -0.2) is 5.43 Å². The summed E-state index contributed by atoms with van der Waals surface area (Å²) in [6.45, 7) is 0.272. The Morgan fingerprint density at radius 2 is 1.97 bits per heavy atom. The second-order valence-corrected chi connectivity index (χ2v) is 8.45. The van der Waals surface area contributed by atoms with Gasteiger partial charge in [0.1, 0.15) is 12.4 Å². The van der Waals surface area contributed by atoms with Crippen molar-refractivity contribution >= 4 is 55.6 Å². The van der Waals surface area contributed by atoms with E-state index in [0.29, 0.717) is 31.0 Å². The molecule has 0 aliphatic rings. The molecule has 6 nitrogen and oxygen atoms in total. The van der Waals surface area contributed by atoms with E-state index >= 15 is 0 Å². The van der Waals surface area contributed by atoms with Gasteiger partial charge in [0.05, 0.1) is 23.4 Å². The first-order chi connectivity index (χ1) is 14.9. The number of nitrogens with one attached hydrogen (secondary N) is 1. The van der Waals surface area contributed by atoms with Crippen molar-refractivity contribution < 1.29 is 19.4 Å². The molecule has 2 N–H and O–H groups in total. The van der Waals surface area contributed by atoms with E-state index in [1.54, 1.807) is 24.3 Å². The van der Waals surface area contributed by atoms with Crippen LogP contribution in [0.3, 0.4) is 0 Å². The number of nitrogens with zero attached hydrogens (tertiary/aromatic N) is 1. The van der Waals surface area contributed by atoms with Crippen LogP contribution in [0.2, 0.25) is 5.02 Å². The van der Waals surface area contributed by atoms with E-state index in [4.69, 9.17) is 21.1 Å². The third kappa shape index (κ3) is 6.00. The van der Waals surface area contributed by atoms with Gasteiger partial charge in [0.15, 0.2) is 11.5 Å². The zero-order valence-electron chi connectivity index (χ0n) is 16.2. The summed E-state index contributed by atoms with van der Waals surface area (Å²) in [4.78, 5) is 12.2. The molecule has 0 spiro atoms. The van der Waals surface area contributed by atoms with Crippen molar-refractivity contribution in [3.05, 3.63) is 85.3 Å². The first kappa shape index (κ1) is 23.1. The second kappa shape index (κ2) is 10.7. The predicted octanol–water partition coefficient (Wildman–Crippen LogP) is 5.92. The highest BCUT2D eigenvalue weighted by molar-refractivity contribution is 9.10. The van der Waals surface area contributed by atoms with Gasteiger partial charge >= 0.3 is 0 Å². The number of hydrogen-bond donors (Lipinski definition) is 2. The highest BCUT2D eigenvalue weighted by Gasteiger charge is 2.13. The van der Waals surface area contributed by atoms with Gasteiger partial charge in [0.2, 0.25) is 0 Å². The van der Waals surface area contributed by atoms with E-state index in [0.717, 1.165) is 5.56 Å². The molecule has 0 bridgehead atoms. The summed E-state index contributed by atoms with van der Waals surface area (Å²) in [5.74, 6) is 0.322. The molecule has 0 aliphatic heterocycles. The Labute approximate surface area is 201 Å². The lowest BCUT2D eigenvalue weighted by Gasteiger charge is -2.14. The largest absolute Gasteiger partial charge is 0.507 e. The molecular weight excluding hydrogens is 552 g/mol. The minimum absolute atomic E-state index is 0.105. The first-order valence-corrected chi connectivity index (χ1v) is 10.9. The Balaban J connectivity index is 1.72. The quantitative estimate of drug-likeness (QED) is 0.274. The molecule has 0 aromatic heterocycles. The zero-order chi connectivity index (χ0) is 22.4. The summed E-state index contributed by atoms with van der Waals surface area (Å²) in [5, 5.41) is 14.4. The average Bonchev–Trinajstić information content (AvgIpc) is 2.75. The van der Waals surface area contributed by atoms with Crippen LogP contribution in [0.25, 0.3) is 0 Å². The van der Waals surface area contributed by atoms with Gasteiger partial charge in [-0.2, -0.15) is 5.10 Å². The fourth-order valence-electron chi connectivity index (χ4n) is 2.64. The normalized spacial score (nSPS) is 10.8. The van der Waals surface area contributed by atoms with Crippen molar-refractivity contribution in [2.24, 2.45) is 5.10 Å². The molecule has 0 radical (unpaired) electrons. The Bertz CT molecular complexity index is 1140. The van der Waals surface area contributed by atoms with E-state index in [9.17, 15) is 9.90 Å². The van der Waals surface area contributed by atoms with Crippen LogP contribution in [0.5, 0.6) is 17.2 Å². The van der Waals surface area contributed by atoms with Crippen LogP contribution < -0.4 is 14.9 Å². The summed E-state index contributed by atoms with van der Waals surface area (Å²) in [6, 6.07) is 15.5. The summed E-state index contributed by atoms with van der Waals surface area (Å²) in [6.07, 6.45) is 1.46. The molecule has 160 valence electrons. The first-order valence-electron chi connectivity index (χ1n) is 8.94. The third-order valence-electron chi connectivity index (χ3n) is 4.16. The number of amides is 1. The molecule has 0 atom stereocenters. The van der Waals surface area contributed by atoms with Crippen molar-refractivity contribution in [2.75, 3.05) is 7.11 Å². The average molecular weight is 569 g/mol. The summed E-state index contributed by atoms with van der Waals surface area (Å²) in [5.41, 5.74) is 4.00. The lowest BCUT2D eigenvalue weighted by molar-refractivity contribution is 0.0952. The summed E-state index contributed by atoms with van der Waals surface area (Å²) >= 11 is 12.9. The molecule has 31 heavy (non-hydrogen) atoms. The van der Waals surface area contributed by atoms with Gasteiger partial charge in [-0.05, 0) is 57.9 Å². The predicted molar refractivity (Wildman–Crippen MR) is 127 cm³/mol. The van der Waals surface area contributed by atoms with Crippen LogP contribution in [0, 0.1) is 0 Å². The van der Waals surface area contributed by atoms with E-state index in [1.807, 2.05) is 18.2 Å². The third-order valence-corrected chi connectivity index (χ3v) is 5.62. The number of aromatic hydroxyl groups is 1. The van der Waals surface area contributed by atoms with Crippen LogP contribution in [0.4, 0.5) is 0 Å². The van der Waals surface area contributed by atoms with Gasteiger partial charge in [-0.1, -0.05) is 45.7 Å². The molecule has 3 aromatic carbocycles. The van der Waals surface area contributed by atoms with Crippen molar-refractivity contribution in [2.45, 2.75) is 6.61 Å². The minimum atomic E-state index is -0.541. The van der Waals surface area contributed by atoms with E-state index in [-0.39, 0.29) is 17.9 Å². The molecule has 0 heterocycles. The van der Waals surface area contributed by atoms with E-state index in [1.165, 1.54) is 25.5 Å². The second-order valence-electron chi connectivity index (χ2n) is 6.27. The lowest BCUT2D eigenvalue weighted by Crippen LogP contribution is -2.17. The molecule has 0 aliphatic carbocycles. The number of phenols is 1. The monoisotopic (exact) mass is 566 g/mol. The SMILES string of the molecule is COc1cc(/C=N/NC(=O)c2cc(Br)ccc2O)cc(Br)c1OCc1ccccc1Cl. The summed E-state index contributed by atoms with van der Waals surface area (Å²) < 4.78 is 12.7. The fourth-order valence-corrected chi connectivity index (χ4v) is 3.76. The van der Waals surface area contributed by atoms with Gasteiger partial charge in [0.25, 0.3) is 5.91 Å². The van der Waals surface area contributed by atoms with Crippen molar-refractivity contribution in [3.63, 3.8) is 0 Å². The fraction of sp³-hybridized carbons (Fsp3) is 0.0909. The Hall–Kier alpha value is -2.55. The standard InChI is InChI=1S/C22H17Br2ClN2O4/c1-30-20-9-13(11-26-27-22(29)16-10-15(23)6-7-19(16)28)8-17(24)21(20)31-12-14-4-2-3-5-18(14)25/h2-11,28H,12H2,1H3,(H,27,29)/b26-11+. The number of hydrogen-bond acceptors (Lipinski definition) is 5. The number of halogens is 3. The number of hydrazone groups is 1. The Kier molecular flexibility index (Phi) is 7.95. The van der Waals surface area contributed by atoms with Crippen LogP contribution in [0.1, 0.15) is 21.5 Å². The number of phenolic OH excluding ortho intramolecular Hbond substituents is 1. The van der Waals surface area contributed by atoms with Crippen molar-refractivity contribution in [1.82, 2.24) is 5.43 Å². The number of rotatable bonds is 7. The van der Waals surface area contributed by atoms with Gasteiger partial charge < -0.3 is 14.6 Å². The maximum atomic E-state index is 12.2. The molecule has 1 amide bonds. The smallest absolute Gasteiger partial charge is 0.275 e. The molecule has 3 aromatic rings. The number of carbonyl (C=O) groups is 1. The maximum Gasteiger partial charge on any atom is 0.275 e. The van der Waals surface area contributed by atoms with Crippen LogP contribution in [-0.2, 0) is 6.61 Å². The number of carbonyl (C=O) groups excluding carboxylic acids is 1. The molecular formula is C22H17Br2ClN2O4. The van der Waals surface area contributed by atoms with Gasteiger partial charge in [-0.3, -0.25) is 4.79 Å². The number of methoxy groups -OCH3 is 1. The van der Waals surface area contributed by atoms with E-state index in [2.05, 4.69) is 42.4 Å². The Morgan fingerprint density at radius 3 is 2.71 bits per heavy atom. The van der Waals surface area contributed by atoms with Crippen LogP contribution in [-0.4, -0.2) is 24.3 Å². The molecule has 0 unspecified atom stereocenters. The molecule has 0 saturated carbocycles. The molecule has 3 rings (SSSR count). The Morgan fingerprint density at radius 1 is 1.19 bits per heavy atom. The zero-order valence-corrected chi connectivity index (χ0v) is 20.2. The lowest BCUT2D eigenvalue weighted by atomic mass is 10.2. The molecule has 0 fully saturated rings. The minimum Gasteiger partial charge on any atom is -0.507 e. The number of ether oxygens (including phenoxy) is 2. The van der Waals surface area contributed by atoms with Crippen LogP contribution >= 0.6 is 43.5 Å². The van der Waals surface area contributed by atoms with Crippen molar-refractivity contribution in [3.8, 4) is 17.2 Å². The maximum absolute atomic E-state index is 12.2. The van der Waals surface area contributed by atoms with Gasteiger partial charge in [-0.15, -0.1) is 0 Å². The molecule has 9 heteroatoms. The van der Waals surface area contributed by atoms with Gasteiger partial charge in [0, 0.05) is 15.1 Å². The molecule has 0 saturated heterocycles. The topological polar surface area (TPSA) is 80.2 Å². The highest BCUT2D eigenvalue weighted by atomic mass is 79.9. The highest BCUT2D eigenvalue weighted by Crippen LogP contribution is 2.37.